The molecule has 2 aromatic rings. The van der Waals surface area contributed by atoms with Crippen LogP contribution in [0.25, 0.3) is 0 Å². The lowest BCUT2D eigenvalue weighted by Crippen LogP contribution is -2.38. The highest BCUT2D eigenvalue weighted by Crippen LogP contribution is 2.25. The van der Waals surface area contributed by atoms with Crippen molar-refractivity contribution in [3.8, 4) is 0 Å². The van der Waals surface area contributed by atoms with E-state index >= 15 is 0 Å². The smallest absolute Gasteiger partial charge is 0.223 e. The SMILES string of the molecule is CC(C)(C)CC(=O)N(Cc1ccc(F)cc1)C[C@H]1CC(c2ccccc2Cl)=NO1. The van der Waals surface area contributed by atoms with Crippen LogP contribution in [0.3, 0.4) is 0 Å². The number of amides is 1. The van der Waals surface area contributed by atoms with Crippen molar-refractivity contribution in [1.29, 1.82) is 0 Å². The summed E-state index contributed by atoms with van der Waals surface area (Å²) >= 11 is 6.27. The van der Waals surface area contributed by atoms with Crippen LogP contribution < -0.4 is 0 Å². The highest BCUT2D eigenvalue weighted by atomic mass is 35.5. The number of halogens is 2. The lowest BCUT2D eigenvalue weighted by Gasteiger charge is -2.28. The van der Waals surface area contributed by atoms with Gasteiger partial charge in [0.05, 0.1) is 12.3 Å². The third-order valence-electron chi connectivity index (χ3n) is 4.66. The Bertz CT molecular complexity index is 890. The quantitative estimate of drug-likeness (QED) is 0.629. The minimum absolute atomic E-state index is 0.0385. The van der Waals surface area contributed by atoms with Crippen molar-refractivity contribution in [2.75, 3.05) is 6.54 Å². The first-order valence-corrected chi connectivity index (χ1v) is 10.1. The Kier molecular flexibility index (Phi) is 6.58. The van der Waals surface area contributed by atoms with Crippen LogP contribution in [0.5, 0.6) is 0 Å². The van der Waals surface area contributed by atoms with Crippen LogP contribution in [-0.4, -0.2) is 29.2 Å². The Balaban J connectivity index is 1.70. The van der Waals surface area contributed by atoms with Crippen LogP contribution in [0.15, 0.2) is 53.7 Å². The average molecular weight is 417 g/mol. The molecule has 0 aromatic heterocycles. The Hall–Kier alpha value is -2.40. The first-order chi connectivity index (χ1) is 13.7. The van der Waals surface area contributed by atoms with Crippen molar-refractivity contribution in [3.05, 3.63) is 70.5 Å². The standard InChI is InChI=1S/C23H26ClFN2O2/c1-23(2,3)13-22(28)27(14-16-8-10-17(25)11-9-16)15-18-12-21(26-29-18)19-6-4-5-7-20(19)24/h4-11,18H,12-15H2,1-3H3/t18-/m1/s1. The molecular weight excluding hydrogens is 391 g/mol. The normalized spacial score (nSPS) is 16.3. The molecule has 1 aliphatic rings. The highest BCUT2D eigenvalue weighted by Gasteiger charge is 2.29. The monoisotopic (exact) mass is 416 g/mol. The minimum atomic E-state index is -0.293. The number of rotatable bonds is 6. The van der Waals surface area contributed by atoms with Gasteiger partial charge in [-0.25, -0.2) is 4.39 Å². The summed E-state index contributed by atoms with van der Waals surface area (Å²) in [5.74, 6) is -0.255. The second-order valence-corrected chi connectivity index (χ2v) is 8.99. The third-order valence-corrected chi connectivity index (χ3v) is 4.99. The van der Waals surface area contributed by atoms with Crippen molar-refractivity contribution in [2.24, 2.45) is 10.6 Å². The van der Waals surface area contributed by atoms with Crippen LogP contribution in [-0.2, 0) is 16.2 Å². The Morgan fingerprint density at radius 2 is 1.90 bits per heavy atom. The van der Waals surface area contributed by atoms with Crippen LogP contribution in [0.1, 0.15) is 44.7 Å². The van der Waals surface area contributed by atoms with E-state index in [1.165, 1.54) is 12.1 Å². The van der Waals surface area contributed by atoms with Gasteiger partial charge < -0.3 is 9.74 Å². The van der Waals surface area contributed by atoms with E-state index in [1.54, 1.807) is 17.0 Å². The maximum Gasteiger partial charge on any atom is 0.223 e. The Morgan fingerprint density at radius 1 is 1.21 bits per heavy atom. The van der Waals surface area contributed by atoms with E-state index in [2.05, 4.69) is 5.16 Å². The van der Waals surface area contributed by atoms with Gasteiger partial charge in [-0.2, -0.15) is 0 Å². The molecule has 1 heterocycles. The van der Waals surface area contributed by atoms with Gasteiger partial charge in [0.25, 0.3) is 0 Å². The second-order valence-electron chi connectivity index (χ2n) is 8.59. The summed E-state index contributed by atoms with van der Waals surface area (Å²) in [6.07, 6.45) is 0.747. The molecule has 29 heavy (non-hydrogen) atoms. The molecule has 2 aromatic carbocycles. The number of carbonyl (C=O) groups excluding carboxylic acids is 1. The van der Waals surface area contributed by atoms with Gasteiger partial charge in [-0.1, -0.05) is 67.9 Å². The summed E-state index contributed by atoms with van der Waals surface area (Å²) in [6, 6.07) is 13.7. The van der Waals surface area contributed by atoms with Gasteiger partial charge in [-0.15, -0.1) is 0 Å². The molecular formula is C23H26ClFN2O2. The molecule has 0 fully saturated rings. The summed E-state index contributed by atoms with van der Waals surface area (Å²) in [6.45, 7) is 6.91. The topological polar surface area (TPSA) is 41.9 Å². The molecule has 1 atom stereocenters. The van der Waals surface area contributed by atoms with Gasteiger partial charge in [-0.05, 0) is 29.2 Å². The number of carbonyl (C=O) groups is 1. The Morgan fingerprint density at radius 3 is 2.55 bits per heavy atom. The lowest BCUT2D eigenvalue weighted by atomic mass is 9.91. The zero-order valence-electron chi connectivity index (χ0n) is 17.0. The van der Waals surface area contributed by atoms with Gasteiger partial charge >= 0.3 is 0 Å². The third kappa shape index (κ3) is 6.04. The van der Waals surface area contributed by atoms with Gasteiger partial charge in [0.1, 0.15) is 5.82 Å². The summed E-state index contributed by atoms with van der Waals surface area (Å²) < 4.78 is 13.2. The maximum atomic E-state index is 13.2. The molecule has 6 heteroatoms. The molecule has 0 unspecified atom stereocenters. The zero-order chi connectivity index (χ0) is 21.0. The van der Waals surface area contributed by atoms with E-state index < -0.39 is 0 Å². The van der Waals surface area contributed by atoms with Crippen molar-refractivity contribution >= 4 is 23.2 Å². The van der Waals surface area contributed by atoms with Crippen molar-refractivity contribution in [3.63, 3.8) is 0 Å². The van der Waals surface area contributed by atoms with Crippen LogP contribution >= 0.6 is 11.6 Å². The van der Waals surface area contributed by atoms with Crippen molar-refractivity contribution < 1.29 is 14.0 Å². The van der Waals surface area contributed by atoms with E-state index in [0.29, 0.717) is 31.0 Å². The molecule has 0 N–H and O–H groups in total. The molecule has 4 nitrogen and oxygen atoms in total. The zero-order valence-corrected chi connectivity index (χ0v) is 17.7. The number of hydrogen-bond acceptors (Lipinski definition) is 3. The molecule has 0 spiro atoms. The summed E-state index contributed by atoms with van der Waals surface area (Å²) in [4.78, 5) is 20.4. The molecule has 1 amide bonds. The first-order valence-electron chi connectivity index (χ1n) is 9.71. The fraction of sp³-hybridized carbons (Fsp3) is 0.391. The van der Waals surface area contributed by atoms with Crippen LogP contribution in [0, 0.1) is 11.2 Å². The molecule has 0 saturated heterocycles. The number of benzene rings is 2. The van der Waals surface area contributed by atoms with E-state index in [-0.39, 0.29) is 23.2 Å². The summed E-state index contributed by atoms with van der Waals surface area (Å²) in [5, 5.41) is 4.83. The largest absolute Gasteiger partial charge is 0.390 e. The molecule has 0 radical (unpaired) electrons. The molecule has 154 valence electrons. The Labute approximate surface area is 176 Å². The fourth-order valence-electron chi connectivity index (χ4n) is 3.26. The molecule has 0 bridgehead atoms. The molecule has 0 aliphatic carbocycles. The van der Waals surface area contributed by atoms with Gasteiger partial charge in [0, 0.05) is 30.0 Å². The number of nitrogens with zero attached hydrogens (tertiary/aromatic N) is 2. The molecule has 1 aliphatic heterocycles. The lowest BCUT2D eigenvalue weighted by molar-refractivity contribution is -0.135. The average Bonchev–Trinajstić information content (AvgIpc) is 3.10. The molecule has 0 saturated carbocycles. The summed E-state index contributed by atoms with van der Waals surface area (Å²) in [5.41, 5.74) is 2.38. The predicted molar refractivity (Wildman–Crippen MR) is 113 cm³/mol. The van der Waals surface area contributed by atoms with Crippen LogP contribution in [0.4, 0.5) is 4.39 Å². The summed E-state index contributed by atoms with van der Waals surface area (Å²) in [7, 11) is 0. The van der Waals surface area contributed by atoms with E-state index in [0.717, 1.165) is 16.8 Å². The predicted octanol–water partition coefficient (Wildman–Crippen LogP) is 5.44. The fourth-order valence-corrected chi connectivity index (χ4v) is 3.50. The van der Waals surface area contributed by atoms with E-state index in [9.17, 15) is 9.18 Å². The maximum absolute atomic E-state index is 13.2. The van der Waals surface area contributed by atoms with E-state index in [1.807, 2.05) is 45.0 Å². The van der Waals surface area contributed by atoms with E-state index in [4.69, 9.17) is 16.4 Å². The minimum Gasteiger partial charge on any atom is -0.390 e. The van der Waals surface area contributed by atoms with Crippen molar-refractivity contribution in [2.45, 2.75) is 46.3 Å². The number of oxime groups is 1. The second kappa shape index (κ2) is 8.95. The van der Waals surface area contributed by atoms with Gasteiger partial charge in [-0.3, -0.25) is 4.79 Å². The van der Waals surface area contributed by atoms with Gasteiger partial charge in [0.2, 0.25) is 5.91 Å². The first kappa shape index (κ1) is 21.3. The number of hydrogen-bond donors (Lipinski definition) is 0. The van der Waals surface area contributed by atoms with Crippen molar-refractivity contribution in [1.82, 2.24) is 4.90 Å². The highest BCUT2D eigenvalue weighted by molar-refractivity contribution is 6.34. The van der Waals surface area contributed by atoms with Crippen LogP contribution in [0.2, 0.25) is 5.02 Å². The molecule has 3 rings (SSSR count). The van der Waals surface area contributed by atoms with Gasteiger partial charge in [0.15, 0.2) is 6.10 Å².